The largest absolute Gasteiger partial charge is 0.342 e. The number of nitrogens with two attached hydrogens (primary N) is 1. The zero-order valence-electron chi connectivity index (χ0n) is 13.3. The molecule has 1 aromatic rings. The quantitative estimate of drug-likeness (QED) is 0.903. The lowest BCUT2D eigenvalue weighted by Gasteiger charge is -2.34. The highest BCUT2D eigenvalue weighted by Gasteiger charge is 2.29. The van der Waals surface area contributed by atoms with Gasteiger partial charge in [0.05, 0.1) is 5.92 Å². The van der Waals surface area contributed by atoms with Gasteiger partial charge in [0, 0.05) is 19.1 Å². The zero-order valence-corrected chi connectivity index (χ0v) is 13.3. The molecule has 0 aromatic heterocycles. The lowest BCUT2D eigenvalue weighted by Crippen LogP contribution is -2.43. The van der Waals surface area contributed by atoms with E-state index < -0.39 is 0 Å². The molecule has 1 heterocycles. The Morgan fingerprint density at radius 1 is 1.29 bits per heavy atom. The van der Waals surface area contributed by atoms with Crippen LogP contribution < -0.4 is 5.73 Å². The second-order valence-corrected chi connectivity index (χ2v) is 6.28. The number of amides is 1. The summed E-state index contributed by atoms with van der Waals surface area (Å²) in [5, 5.41) is 0. The van der Waals surface area contributed by atoms with Crippen molar-refractivity contribution in [3.8, 4) is 0 Å². The maximum atomic E-state index is 12.6. The molecule has 1 amide bonds. The van der Waals surface area contributed by atoms with E-state index in [9.17, 15) is 4.79 Å². The maximum absolute atomic E-state index is 12.6. The van der Waals surface area contributed by atoms with Gasteiger partial charge in [0.2, 0.25) is 5.91 Å². The first-order valence-electron chi connectivity index (χ1n) is 8.22. The Morgan fingerprint density at radius 2 is 1.90 bits per heavy atom. The molecule has 0 saturated carbocycles. The predicted molar refractivity (Wildman–Crippen MR) is 86.7 cm³/mol. The summed E-state index contributed by atoms with van der Waals surface area (Å²) in [6.45, 7) is 5.99. The molecule has 0 radical (unpaired) electrons. The van der Waals surface area contributed by atoms with E-state index >= 15 is 0 Å². The number of nitrogens with zero attached hydrogens (tertiary/aromatic N) is 1. The van der Waals surface area contributed by atoms with E-state index in [1.807, 2.05) is 42.2 Å². The van der Waals surface area contributed by atoms with Crippen molar-refractivity contribution in [3.63, 3.8) is 0 Å². The molecule has 1 fully saturated rings. The molecular weight excluding hydrogens is 260 g/mol. The molecule has 2 N–H and O–H groups in total. The van der Waals surface area contributed by atoms with Crippen molar-refractivity contribution in [2.24, 2.45) is 17.6 Å². The summed E-state index contributed by atoms with van der Waals surface area (Å²) in [6.07, 6.45) is 4.83. The molecule has 21 heavy (non-hydrogen) atoms. The Labute approximate surface area is 128 Å². The van der Waals surface area contributed by atoms with E-state index in [2.05, 4.69) is 6.92 Å². The fraction of sp³-hybridized carbons (Fsp3) is 0.611. The van der Waals surface area contributed by atoms with Gasteiger partial charge < -0.3 is 10.6 Å². The Balaban J connectivity index is 1.91. The molecule has 1 aromatic carbocycles. The minimum atomic E-state index is -0.216. The minimum absolute atomic E-state index is 0.157. The summed E-state index contributed by atoms with van der Waals surface area (Å²) in [4.78, 5) is 14.6. The van der Waals surface area contributed by atoms with E-state index in [0.29, 0.717) is 0 Å². The van der Waals surface area contributed by atoms with Crippen LogP contribution in [0.4, 0.5) is 0 Å². The van der Waals surface area contributed by atoms with Gasteiger partial charge in [-0.05, 0) is 24.3 Å². The zero-order chi connectivity index (χ0) is 15.2. The Hall–Kier alpha value is -1.35. The van der Waals surface area contributed by atoms with Crippen LogP contribution in [0.15, 0.2) is 30.3 Å². The average Bonchev–Trinajstić information content (AvgIpc) is 2.54. The highest BCUT2D eigenvalue weighted by Crippen LogP contribution is 2.26. The molecule has 1 aliphatic rings. The van der Waals surface area contributed by atoms with Crippen LogP contribution in [0.3, 0.4) is 0 Å². The fourth-order valence-corrected chi connectivity index (χ4v) is 3.26. The number of hydrogen-bond donors (Lipinski definition) is 1. The highest BCUT2D eigenvalue weighted by molar-refractivity contribution is 5.79. The predicted octanol–water partition coefficient (Wildman–Crippen LogP) is 3.36. The number of carbonyl (C=O) groups is 1. The number of benzene rings is 1. The normalized spacial score (nSPS) is 19.3. The van der Waals surface area contributed by atoms with Gasteiger partial charge in [0.25, 0.3) is 0 Å². The van der Waals surface area contributed by atoms with Crippen LogP contribution in [-0.4, -0.2) is 23.9 Å². The van der Waals surface area contributed by atoms with Crippen LogP contribution in [0.2, 0.25) is 0 Å². The third kappa shape index (κ3) is 4.07. The summed E-state index contributed by atoms with van der Waals surface area (Å²) in [5.41, 5.74) is 7.31. The van der Waals surface area contributed by atoms with Gasteiger partial charge in [-0.25, -0.2) is 0 Å². The van der Waals surface area contributed by atoms with Crippen LogP contribution in [0.5, 0.6) is 0 Å². The molecule has 1 aliphatic heterocycles. The second kappa shape index (κ2) is 7.60. The standard InChI is InChI=1S/C18H28N2O/c1-3-7-15-10-12-20(13-11-15)18(21)14(2)17(19)16-8-5-4-6-9-16/h4-6,8-9,14-15,17H,3,7,10-13,19H2,1-2H3. The monoisotopic (exact) mass is 288 g/mol. The van der Waals surface area contributed by atoms with Crippen molar-refractivity contribution in [2.45, 2.75) is 45.6 Å². The van der Waals surface area contributed by atoms with Crippen LogP contribution in [0, 0.1) is 11.8 Å². The molecular formula is C18H28N2O. The van der Waals surface area contributed by atoms with Crippen molar-refractivity contribution in [2.75, 3.05) is 13.1 Å². The molecule has 0 aliphatic carbocycles. The third-order valence-electron chi connectivity index (χ3n) is 4.74. The Morgan fingerprint density at radius 3 is 2.48 bits per heavy atom. The van der Waals surface area contributed by atoms with Crippen molar-refractivity contribution < 1.29 is 4.79 Å². The van der Waals surface area contributed by atoms with Gasteiger partial charge >= 0.3 is 0 Å². The van der Waals surface area contributed by atoms with Crippen molar-refractivity contribution in [1.82, 2.24) is 4.90 Å². The average molecular weight is 288 g/mol. The Kier molecular flexibility index (Phi) is 5.80. The lowest BCUT2D eigenvalue weighted by atomic mass is 9.90. The fourth-order valence-electron chi connectivity index (χ4n) is 3.26. The molecule has 3 heteroatoms. The van der Waals surface area contributed by atoms with E-state index in [1.165, 1.54) is 12.8 Å². The number of likely N-dealkylation sites (tertiary alicyclic amines) is 1. The number of carbonyl (C=O) groups excluding carboxylic acids is 1. The van der Waals surface area contributed by atoms with Gasteiger partial charge in [-0.1, -0.05) is 57.0 Å². The number of hydrogen-bond acceptors (Lipinski definition) is 2. The number of rotatable bonds is 5. The van der Waals surface area contributed by atoms with Gasteiger partial charge in [-0.3, -0.25) is 4.79 Å². The van der Waals surface area contributed by atoms with Gasteiger partial charge in [0.15, 0.2) is 0 Å². The second-order valence-electron chi connectivity index (χ2n) is 6.28. The van der Waals surface area contributed by atoms with Gasteiger partial charge in [-0.2, -0.15) is 0 Å². The summed E-state index contributed by atoms with van der Waals surface area (Å²) in [6, 6.07) is 9.71. The van der Waals surface area contributed by atoms with E-state index in [1.54, 1.807) is 0 Å². The molecule has 0 spiro atoms. The van der Waals surface area contributed by atoms with E-state index in [4.69, 9.17) is 5.73 Å². The minimum Gasteiger partial charge on any atom is -0.342 e. The first-order chi connectivity index (χ1) is 10.1. The molecule has 116 valence electrons. The summed E-state index contributed by atoms with van der Waals surface area (Å²) >= 11 is 0. The summed E-state index contributed by atoms with van der Waals surface area (Å²) in [5.74, 6) is 0.855. The van der Waals surface area contributed by atoms with E-state index in [-0.39, 0.29) is 17.9 Å². The van der Waals surface area contributed by atoms with Crippen molar-refractivity contribution in [1.29, 1.82) is 0 Å². The topological polar surface area (TPSA) is 46.3 Å². The first-order valence-corrected chi connectivity index (χ1v) is 8.22. The molecule has 0 bridgehead atoms. The lowest BCUT2D eigenvalue weighted by molar-refractivity contribution is -0.137. The van der Waals surface area contributed by atoms with Crippen LogP contribution in [0.1, 0.15) is 51.1 Å². The van der Waals surface area contributed by atoms with Crippen LogP contribution >= 0.6 is 0 Å². The molecule has 1 saturated heterocycles. The smallest absolute Gasteiger partial charge is 0.227 e. The van der Waals surface area contributed by atoms with Gasteiger partial charge in [0.1, 0.15) is 0 Å². The van der Waals surface area contributed by atoms with Crippen LogP contribution in [0.25, 0.3) is 0 Å². The molecule has 2 rings (SSSR count). The maximum Gasteiger partial charge on any atom is 0.227 e. The van der Waals surface area contributed by atoms with E-state index in [0.717, 1.165) is 37.4 Å². The summed E-state index contributed by atoms with van der Waals surface area (Å²) < 4.78 is 0. The first kappa shape index (κ1) is 16.0. The third-order valence-corrected chi connectivity index (χ3v) is 4.74. The molecule has 2 atom stereocenters. The number of piperidine rings is 1. The van der Waals surface area contributed by atoms with Crippen molar-refractivity contribution >= 4 is 5.91 Å². The Bertz CT molecular complexity index is 438. The highest BCUT2D eigenvalue weighted by atomic mass is 16.2. The summed E-state index contributed by atoms with van der Waals surface area (Å²) in [7, 11) is 0. The van der Waals surface area contributed by atoms with Crippen molar-refractivity contribution in [3.05, 3.63) is 35.9 Å². The van der Waals surface area contributed by atoms with Gasteiger partial charge in [-0.15, -0.1) is 0 Å². The SMILES string of the molecule is CCCC1CCN(C(=O)C(C)C(N)c2ccccc2)CC1. The van der Waals surface area contributed by atoms with Crippen LogP contribution in [-0.2, 0) is 4.79 Å². The molecule has 2 unspecified atom stereocenters. The molecule has 3 nitrogen and oxygen atoms in total.